The normalized spacial score (nSPS) is 15.2. The number of hydrogen-bond donors (Lipinski definition) is 2. The summed E-state index contributed by atoms with van der Waals surface area (Å²) < 4.78 is 0. The van der Waals surface area contributed by atoms with Crippen molar-refractivity contribution in [2.24, 2.45) is 0 Å². The molecule has 0 aromatic heterocycles. The molecule has 0 radical (unpaired) electrons. The fourth-order valence-corrected chi connectivity index (χ4v) is 4.59. The summed E-state index contributed by atoms with van der Waals surface area (Å²) in [7, 11) is 0. The summed E-state index contributed by atoms with van der Waals surface area (Å²) in [6.07, 6.45) is 2.56. The van der Waals surface area contributed by atoms with Gasteiger partial charge in [-0.15, -0.1) is 0 Å². The van der Waals surface area contributed by atoms with Crippen LogP contribution in [0.25, 0.3) is 0 Å². The monoisotopic (exact) mass is 488 g/mol. The number of anilines is 1. The topological polar surface area (TPSA) is 64.7 Å². The van der Waals surface area contributed by atoms with E-state index in [1.54, 1.807) is 36.0 Å². The SMILES string of the molecule is CSCCC(NC(=O)c1ccccc1Cl)C(=O)NCCN1CCN(c2cccc(C)c2)CC1. The molecule has 0 aliphatic carbocycles. The summed E-state index contributed by atoms with van der Waals surface area (Å²) in [4.78, 5) is 30.2. The van der Waals surface area contributed by atoms with Gasteiger partial charge in [0.1, 0.15) is 6.04 Å². The first-order valence-electron chi connectivity index (χ1n) is 11.3. The Labute approximate surface area is 206 Å². The molecule has 2 amide bonds. The molecule has 33 heavy (non-hydrogen) atoms. The molecule has 1 fully saturated rings. The van der Waals surface area contributed by atoms with E-state index in [-0.39, 0.29) is 11.8 Å². The zero-order valence-corrected chi connectivity index (χ0v) is 20.9. The minimum atomic E-state index is -0.584. The van der Waals surface area contributed by atoms with E-state index in [9.17, 15) is 9.59 Å². The number of piperazine rings is 1. The van der Waals surface area contributed by atoms with Crippen molar-refractivity contribution in [2.75, 3.05) is 56.2 Å². The quantitative estimate of drug-likeness (QED) is 0.536. The molecule has 0 spiro atoms. The number of amides is 2. The van der Waals surface area contributed by atoms with Gasteiger partial charge in [0.2, 0.25) is 5.91 Å². The van der Waals surface area contributed by atoms with Crippen molar-refractivity contribution in [3.63, 3.8) is 0 Å². The molecule has 3 rings (SSSR count). The Hall–Kier alpha value is -2.22. The fourth-order valence-electron chi connectivity index (χ4n) is 3.90. The summed E-state index contributed by atoms with van der Waals surface area (Å²) in [5.74, 6) is 0.305. The summed E-state index contributed by atoms with van der Waals surface area (Å²) in [5, 5.41) is 6.24. The number of hydrogen-bond acceptors (Lipinski definition) is 5. The maximum absolute atomic E-state index is 12.8. The number of nitrogens with one attached hydrogen (secondary N) is 2. The third kappa shape index (κ3) is 7.66. The Morgan fingerprint density at radius 1 is 1.09 bits per heavy atom. The highest BCUT2D eigenvalue weighted by Crippen LogP contribution is 2.18. The number of nitrogens with zero attached hydrogens (tertiary/aromatic N) is 2. The van der Waals surface area contributed by atoms with Crippen LogP contribution in [0, 0.1) is 6.92 Å². The van der Waals surface area contributed by atoms with Gasteiger partial charge < -0.3 is 15.5 Å². The van der Waals surface area contributed by atoms with Crippen molar-refractivity contribution in [3.05, 3.63) is 64.7 Å². The van der Waals surface area contributed by atoms with E-state index in [0.717, 1.165) is 38.5 Å². The van der Waals surface area contributed by atoms with Crippen LogP contribution < -0.4 is 15.5 Å². The minimum absolute atomic E-state index is 0.150. The van der Waals surface area contributed by atoms with E-state index >= 15 is 0 Å². The predicted molar refractivity (Wildman–Crippen MR) is 139 cm³/mol. The smallest absolute Gasteiger partial charge is 0.253 e. The zero-order valence-electron chi connectivity index (χ0n) is 19.4. The van der Waals surface area contributed by atoms with Crippen molar-refractivity contribution < 1.29 is 9.59 Å². The highest BCUT2D eigenvalue weighted by atomic mass is 35.5. The van der Waals surface area contributed by atoms with Gasteiger partial charge in [-0.25, -0.2) is 0 Å². The minimum Gasteiger partial charge on any atom is -0.369 e. The maximum atomic E-state index is 12.8. The summed E-state index contributed by atoms with van der Waals surface area (Å²) in [5.41, 5.74) is 2.93. The van der Waals surface area contributed by atoms with Gasteiger partial charge in [0.05, 0.1) is 10.6 Å². The number of thioether (sulfide) groups is 1. The van der Waals surface area contributed by atoms with Crippen LogP contribution in [0.15, 0.2) is 48.5 Å². The largest absolute Gasteiger partial charge is 0.369 e. The van der Waals surface area contributed by atoms with Gasteiger partial charge in [0, 0.05) is 45.0 Å². The molecule has 1 unspecified atom stereocenters. The summed E-state index contributed by atoms with van der Waals surface area (Å²) >= 11 is 7.79. The van der Waals surface area contributed by atoms with Crippen LogP contribution in [0.3, 0.4) is 0 Å². The highest BCUT2D eigenvalue weighted by molar-refractivity contribution is 7.98. The number of rotatable bonds is 10. The number of halogens is 1. The second-order valence-corrected chi connectivity index (χ2v) is 9.64. The first kappa shape index (κ1) is 25.4. The van der Waals surface area contributed by atoms with Gasteiger partial charge in [-0.3, -0.25) is 14.5 Å². The molecule has 178 valence electrons. The van der Waals surface area contributed by atoms with E-state index in [1.165, 1.54) is 11.3 Å². The average Bonchev–Trinajstić information content (AvgIpc) is 2.82. The van der Waals surface area contributed by atoms with Crippen LogP contribution >= 0.6 is 23.4 Å². The van der Waals surface area contributed by atoms with E-state index in [1.807, 2.05) is 6.26 Å². The molecule has 2 aromatic carbocycles. The first-order valence-corrected chi connectivity index (χ1v) is 13.1. The van der Waals surface area contributed by atoms with Crippen molar-refractivity contribution in [2.45, 2.75) is 19.4 Å². The molecule has 1 heterocycles. The molecular weight excluding hydrogens is 456 g/mol. The molecular formula is C25H33ClN4O2S. The molecule has 0 saturated carbocycles. The molecule has 8 heteroatoms. The van der Waals surface area contributed by atoms with E-state index in [2.05, 4.69) is 51.6 Å². The lowest BCUT2D eigenvalue weighted by Gasteiger charge is -2.36. The van der Waals surface area contributed by atoms with Crippen molar-refractivity contribution >= 4 is 40.9 Å². The molecule has 2 aromatic rings. The zero-order chi connectivity index (χ0) is 23.6. The van der Waals surface area contributed by atoms with Crippen LogP contribution in [0.5, 0.6) is 0 Å². The Morgan fingerprint density at radius 3 is 2.55 bits per heavy atom. The summed E-state index contributed by atoms with van der Waals surface area (Å²) in [6, 6.07) is 14.9. The van der Waals surface area contributed by atoms with Gasteiger partial charge in [0.15, 0.2) is 0 Å². The Kier molecular flexibility index (Phi) is 9.91. The third-order valence-electron chi connectivity index (χ3n) is 5.82. The van der Waals surface area contributed by atoms with Crippen molar-refractivity contribution in [3.8, 4) is 0 Å². The molecule has 1 atom stereocenters. The molecule has 2 N–H and O–H groups in total. The van der Waals surface area contributed by atoms with E-state index < -0.39 is 6.04 Å². The number of aryl methyl sites for hydroxylation is 1. The number of benzene rings is 2. The lowest BCUT2D eigenvalue weighted by molar-refractivity contribution is -0.123. The van der Waals surface area contributed by atoms with Crippen LogP contribution in [0.4, 0.5) is 5.69 Å². The van der Waals surface area contributed by atoms with E-state index in [0.29, 0.717) is 23.6 Å². The lowest BCUT2D eigenvalue weighted by Crippen LogP contribution is -2.51. The van der Waals surface area contributed by atoms with Crippen molar-refractivity contribution in [1.82, 2.24) is 15.5 Å². The molecule has 1 saturated heterocycles. The molecule has 6 nitrogen and oxygen atoms in total. The summed E-state index contributed by atoms with van der Waals surface area (Å²) in [6.45, 7) is 7.34. The van der Waals surface area contributed by atoms with Crippen LogP contribution in [0.2, 0.25) is 5.02 Å². The lowest BCUT2D eigenvalue weighted by atomic mass is 10.1. The highest BCUT2D eigenvalue weighted by Gasteiger charge is 2.23. The molecule has 1 aliphatic rings. The van der Waals surface area contributed by atoms with Gasteiger partial charge in [-0.05, 0) is 55.2 Å². The fraction of sp³-hybridized carbons (Fsp3) is 0.440. The van der Waals surface area contributed by atoms with Crippen LogP contribution in [-0.4, -0.2) is 74.0 Å². The second kappa shape index (κ2) is 12.9. The molecule has 0 bridgehead atoms. The third-order valence-corrected chi connectivity index (χ3v) is 6.79. The van der Waals surface area contributed by atoms with Crippen LogP contribution in [-0.2, 0) is 4.79 Å². The Morgan fingerprint density at radius 2 is 1.85 bits per heavy atom. The van der Waals surface area contributed by atoms with Crippen molar-refractivity contribution in [1.29, 1.82) is 0 Å². The van der Waals surface area contributed by atoms with Gasteiger partial charge >= 0.3 is 0 Å². The molecule has 1 aliphatic heterocycles. The van der Waals surface area contributed by atoms with Crippen LogP contribution in [0.1, 0.15) is 22.3 Å². The van der Waals surface area contributed by atoms with E-state index in [4.69, 9.17) is 11.6 Å². The van der Waals surface area contributed by atoms with Gasteiger partial charge in [-0.2, -0.15) is 11.8 Å². The number of carbonyl (C=O) groups is 2. The Bertz CT molecular complexity index is 934. The maximum Gasteiger partial charge on any atom is 0.253 e. The number of carbonyl (C=O) groups excluding carboxylic acids is 2. The van der Waals surface area contributed by atoms with Gasteiger partial charge in [-0.1, -0.05) is 35.9 Å². The standard InChI is InChI=1S/C25H33ClN4O2S/c1-19-6-5-7-20(18-19)30-15-13-29(14-16-30)12-11-27-25(32)23(10-17-33-2)28-24(31)21-8-3-4-9-22(21)26/h3-9,18,23H,10-17H2,1-2H3,(H,27,32)(H,28,31). The first-order chi connectivity index (χ1) is 16.0. The van der Waals surface area contributed by atoms with Gasteiger partial charge in [0.25, 0.3) is 5.91 Å². The predicted octanol–water partition coefficient (Wildman–Crippen LogP) is 3.44. The Balaban J connectivity index is 1.45. The average molecular weight is 489 g/mol. The second-order valence-electron chi connectivity index (χ2n) is 8.25.